The number of halogens is 1. The van der Waals surface area contributed by atoms with Gasteiger partial charge in [-0.15, -0.1) is 11.6 Å². The van der Waals surface area contributed by atoms with Crippen LogP contribution in [0.4, 0.5) is 0 Å². The summed E-state index contributed by atoms with van der Waals surface area (Å²) in [6.07, 6.45) is -0.710. The van der Waals surface area contributed by atoms with Crippen molar-refractivity contribution in [1.82, 2.24) is 5.32 Å². The molecule has 0 saturated heterocycles. The topological polar surface area (TPSA) is 49.3 Å². The first-order chi connectivity index (χ1) is 7.22. The van der Waals surface area contributed by atoms with Gasteiger partial charge in [0.15, 0.2) is 0 Å². The van der Waals surface area contributed by atoms with Crippen molar-refractivity contribution < 1.29 is 9.90 Å². The highest BCUT2D eigenvalue weighted by Gasteiger charge is 2.08. The lowest BCUT2D eigenvalue weighted by molar-refractivity contribution is -0.122. The van der Waals surface area contributed by atoms with Crippen LogP contribution in [-0.2, 0) is 11.3 Å². The smallest absolute Gasteiger partial charge is 0.222 e. The van der Waals surface area contributed by atoms with Gasteiger partial charge >= 0.3 is 0 Å². The summed E-state index contributed by atoms with van der Waals surface area (Å²) in [5, 5.41) is 11.8. The molecule has 0 spiro atoms. The number of rotatable bonds is 5. The number of aliphatic hydroxyl groups is 1. The second-order valence-corrected chi connectivity index (χ2v) is 3.58. The number of nitrogens with one attached hydrogen (secondary N) is 1. The predicted octanol–water partition coefficient (Wildman–Crippen LogP) is 1.29. The molecule has 0 aromatic heterocycles. The maximum absolute atomic E-state index is 11.3. The van der Waals surface area contributed by atoms with Crippen molar-refractivity contribution in [2.75, 3.05) is 5.88 Å². The Balaban J connectivity index is 2.29. The lowest BCUT2D eigenvalue weighted by Gasteiger charge is -2.07. The third kappa shape index (κ3) is 4.81. The minimum Gasteiger partial charge on any atom is -0.391 e. The molecule has 4 heteroatoms. The molecule has 0 bridgehead atoms. The molecule has 1 aromatic carbocycles. The van der Waals surface area contributed by atoms with Crippen molar-refractivity contribution in [2.45, 2.75) is 19.1 Å². The summed E-state index contributed by atoms with van der Waals surface area (Å²) in [7, 11) is 0. The molecule has 0 saturated carbocycles. The SMILES string of the molecule is O=C(C[C@H](O)CCl)NCc1ccccc1. The lowest BCUT2D eigenvalue weighted by Crippen LogP contribution is -2.27. The fourth-order valence-corrected chi connectivity index (χ4v) is 1.25. The molecule has 0 aliphatic carbocycles. The van der Waals surface area contributed by atoms with Crippen LogP contribution in [0.15, 0.2) is 30.3 Å². The summed E-state index contributed by atoms with van der Waals surface area (Å²) in [4.78, 5) is 11.3. The standard InChI is InChI=1S/C11H14ClNO2/c12-7-10(14)6-11(15)13-8-9-4-2-1-3-5-9/h1-5,10,14H,6-8H2,(H,13,15)/t10-/m0/s1. The van der Waals surface area contributed by atoms with Crippen molar-refractivity contribution in [1.29, 1.82) is 0 Å². The molecule has 1 amide bonds. The number of carbonyl (C=O) groups excluding carboxylic acids is 1. The van der Waals surface area contributed by atoms with Gasteiger partial charge in [-0.2, -0.15) is 0 Å². The van der Waals surface area contributed by atoms with Gasteiger partial charge in [-0.3, -0.25) is 4.79 Å². The Hall–Kier alpha value is -1.06. The highest BCUT2D eigenvalue weighted by atomic mass is 35.5. The monoisotopic (exact) mass is 227 g/mol. The number of alkyl halides is 1. The van der Waals surface area contributed by atoms with Gasteiger partial charge in [-0.25, -0.2) is 0 Å². The molecule has 0 unspecified atom stereocenters. The van der Waals surface area contributed by atoms with Gasteiger partial charge in [-0.05, 0) is 5.56 Å². The molecule has 1 atom stereocenters. The van der Waals surface area contributed by atoms with Crippen molar-refractivity contribution in [3.8, 4) is 0 Å². The van der Waals surface area contributed by atoms with E-state index >= 15 is 0 Å². The molecule has 15 heavy (non-hydrogen) atoms. The highest BCUT2D eigenvalue weighted by molar-refractivity contribution is 6.18. The van der Waals surface area contributed by atoms with Gasteiger partial charge in [0.05, 0.1) is 12.5 Å². The zero-order valence-electron chi connectivity index (χ0n) is 8.32. The second kappa shape index (κ2) is 6.43. The van der Waals surface area contributed by atoms with Gasteiger partial charge in [0.2, 0.25) is 5.91 Å². The molecule has 0 aliphatic heterocycles. The molecule has 2 N–H and O–H groups in total. The summed E-state index contributed by atoms with van der Waals surface area (Å²) in [5.41, 5.74) is 1.03. The third-order valence-electron chi connectivity index (χ3n) is 1.93. The van der Waals surface area contributed by atoms with Crippen LogP contribution in [0.25, 0.3) is 0 Å². The zero-order chi connectivity index (χ0) is 11.1. The summed E-state index contributed by atoms with van der Waals surface area (Å²) >= 11 is 5.38. The van der Waals surface area contributed by atoms with E-state index in [1.165, 1.54) is 0 Å². The number of carbonyl (C=O) groups is 1. The van der Waals surface area contributed by atoms with Crippen LogP contribution < -0.4 is 5.32 Å². The number of hydrogen-bond donors (Lipinski definition) is 2. The maximum Gasteiger partial charge on any atom is 0.222 e. The van der Waals surface area contributed by atoms with Crippen LogP contribution in [0.3, 0.4) is 0 Å². The number of hydrogen-bond acceptors (Lipinski definition) is 2. The average Bonchev–Trinajstić information content (AvgIpc) is 2.27. The van der Waals surface area contributed by atoms with E-state index in [1.54, 1.807) is 0 Å². The Kier molecular flexibility index (Phi) is 5.15. The van der Waals surface area contributed by atoms with Crippen LogP contribution in [-0.4, -0.2) is 23.0 Å². The highest BCUT2D eigenvalue weighted by Crippen LogP contribution is 1.99. The normalized spacial score (nSPS) is 12.1. The van der Waals surface area contributed by atoms with Crippen molar-refractivity contribution in [3.05, 3.63) is 35.9 Å². The average molecular weight is 228 g/mol. The number of amides is 1. The molecule has 0 heterocycles. The fourth-order valence-electron chi connectivity index (χ4n) is 1.14. The number of aliphatic hydroxyl groups excluding tert-OH is 1. The molecule has 1 aromatic rings. The Morgan fingerprint density at radius 1 is 1.40 bits per heavy atom. The van der Waals surface area contributed by atoms with Crippen LogP contribution >= 0.6 is 11.6 Å². The van der Waals surface area contributed by atoms with Gasteiger partial charge in [-0.1, -0.05) is 30.3 Å². The van der Waals surface area contributed by atoms with E-state index in [9.17, 15) is 4.79 Å². The van der Waals surface area contributed by atoms with Gasteiger partial charge in [0, 0.05) is 12.4 Å². The van der Waals surface area contributed by atoms with Crippen LogP contribution in [0.1, 0.15) is 12.0 Å². The zero-order valence-corrected chi connectivity index (χ0v) is 9.07. The fraction of sp³-hybridized carbons (Fsp3) is 0.364. The molecule has 0 aliphatic rings. The summed E-state index contributed by atoms with van der Waals surface area (Å²) in [6.45, 7) is 0.481. The minimum absolute atomic E-state index is 0.0519. The summed E-state index contributed by atoms with van der Waals surface area (Å²) in [5.74, 6) is -0.106. The van der Waals surface area contributed by atoms with E-state index < -0.39 is 6.10 Å². The summed E-state index contributed by atoms with van der Waals surface area (Å²) in [6, 6.07) is 9.60. The van der Waals surface area contributed by atoms with Crippen molar-refractivity contribution >= 4 is 17.5 Å². The van der Waals surface area contributed by atoms with E-state index in [1.807, 2.05) is 30.3 Å². The third-order valence-corrected chi connectivity index (χ3v) is 2.29. The molecule has 82 valence electrons. The van der Waals surface area contributed by atoms with E-state index in [4.69, 9.17) is 16.7 Å². The van der Waals surface area contributed by atoms with Crippen LogP contribution in [0.5, 0.6) is 0 Å². The summed E-state index contributed by atoms with van der Waals surface area (Å²) < 4.78 is 0. The predicted molar refractivity (Wildman–Crippen MR) is 59.6 cm³/mol. The minimum atomic E-state index is -0.762. The van der Waals surface area contributed by atoms with Gasteiger partial charge in [0.25, 0.3) is 0 Å². The molecule has 3 nitrogen and oxygen atoms in total. The van der Waals surface area contributed by atoms with Gasteiger partial charge in [0.1, 0.15) is 0 Å². The quantitative estimate of drug-likeness (QED) is 0.745. The van der Waals surface area contributed by atoms with E-state index in [-0.39, 0.29) is 18.2 Å². The Morgan fingerprint density at radius 2 is 2.07 bits per heavy atom. The first-order valence-corrected chi connectivity index (χ1v) is 5.30. The van der Waals surface area contributed by atoms with E-state index in [0.29, 0.717) is 6.54 Å². The first kappa shape index (κ1) is 12.0. The second-order valence-electron chi connectivity index (χ2n) is 3.27. The Morgan fingerprint density at radius 3 is 2.67 bits per heavy atom. The molecule has 0 fully saturated rings. The molecule has 0 radical (unpaired) electrons. The van der Waals surface area contributed by atoms with Crippen molar-refractivity contribution in [3.63, 3.8) is 0 Å². The van der Waals surface area contributed by atoms with Crippen LogP contribution in [0.2, 0.25) is 0 Å². The first-order valence-electron chi connectivity index (χ1n) is 4.77. The Labute approximate surface area is 94.1 Å². The number of benzene rings is 1. The lowest BCUT2D eigenvalue weighted by atomic mass is 10.2. The van der Waals surface area contributed by atoms with E-state index in [2.05, 4.69) is 5.32 Å². The van der Waals surface area contributed by atoms with Gasteiger partial charge < -0.3 is 10.4 Å². The van der Waals surface area contributed by atoms with Crippen molar-refractivity contribution in [2.24, 2.45) is 0 Å². The molecule has 1 rings (SSSR count). The van der Waals surface area contributed by atoms with Crippen LogP contribution in [0, 0.1) is 0 Å². The van der Waals surface area contributed by atoms with E-state index in [0.717, 1.165) is 5.56 Å². The maximum atomic E-state index is 11.3. The molecular weight excluding hydrogens is 214 g/mol. The Bertz CT molecular complexity index is 303. The largest absolute Gasteiger partial charge is 0.391 e. The molecular formula is C11H14ClNO2.